The van der Waals surface area contributed by atoms with Gasteiger partial charge in [0.2, 0.25) is 11.8 Å². The Bertz CT molecular complexity index is 506. The predicted octanol–water partition coefficient (Wildman–Crippen LogP) is 2.29. The molecule has 1 saturated heterocycles. The molecule has 0 aromatic carbocycles. The molecule has 1 unspecified atom stereocenters. The minimum atomic E-state index is -0.410. The van der Waals surface area contributed by atoms with Gasteiger partial charge < -0.3 is 10.6 Å². The first-order chi connectivity index (χ1) is 9.52. The van der Waals surface area contributed by atoms with Crippen LogP contribution in [0.1, 0.15) is 38.3 Å². The van der Waals surface area contributed by atoms with Crippen molar-refractivity contribution in [3.63, 3.8) is 0 Å². The highest BCUT2D eigenvalue weighted by atomic mass is 16.6. The van der Waals surface area contributed by atoms with E-state index in [0.717, 1.165) is 32.4 Å². The van der Waals surface area contributed by atoms with E-state index in [-0.39, 0.29) is 11.6 Å². The van der Waals surface area contributed by atoms with Crippen LogP contribution in [0.5, 0.6) is 0 Å². The lowest BCUT2D eigenvalue weighted by molar-refractivity contribution is -0.385. The molecule has 0 radical (unpaired) electrons. The first-order valence-corrected chi connectivity index (χ1v) is 7.06. The summed E-state index contributed by atoms with van der Waals surface area (Å²) in [4.78, 5) is 20.9. The third-order valence-electron chi connectivity index (χ3n) is 3.96. The lowest BCUT2D eigenvalue weighted by Gasteiger charge is -2.21. The highest BCUT2D eigenvalue weighted by Gasteiger charge is 2.27. The Balaban J connectivity index is 2.34. The summed E-state index contributed by atoms with van der Waals surface area (Å²) in [5, 5.41) is 11.3. The molecule has 1 atom stereocenters. The molecule has 110 valence electrons. The molecule has 1 aromatic heterocycles. The van der Waals surface area contributed by atoms with E-state index in [9.17, 15) is 10.1 Å². The van der Waals surface area contributed by atoms with Crippen LogP contribution in [0.3, 0.4) is 0 Å². The monoisotopic (exact) mass is 279 g/mol. The van der Waals surface area contributed by atoms with Crippen molar-refractivity contribution < 1.29 is 4.92 Å². The Morgan fingerprint density at radius 2 is 2.15 bits per heavy atom. The summed E-state index contributed by atoms with van der Waals surface area (Å²) < 4.78 is 0. The van der Waals surface area contributed by atoms with E-state index in [2.05, 4.69) is 16.9 Å². The summed E-state index contributed by atoms with van der Waals surface area (Å²) in [6.45, 7) is 5.37. The molecule has 1 fully saturated rings. The zero-order chi connectivity index (χ0) is 14.7. The topological polar surface area (TPSA) is 98.2 Å². The maximum Gasteiger partial charge on any atom is 0.332 e. The number of hydrogen-bond donors (Lipinski definition) is 1. The van der Waals surface area contributed by atoms with Gasteiger partial charge in [0.1, 0.15) is 5.69 Å². The van der Waals surface area contributed by atoms with Crippen molar-refractivity contribution in [3.8, 4) is 0 Å². The zero-order valence-corrected chi connectivity index (χ0v) is 12.0. The molecule has 0 spiro atoms. The minimum Gasteiger partial charge on any atom is -0.368 e. The molecule has 0 aliphatic carbocycles. The number of aromatic nitrogens is 2. The molecule has 2 rings (SSSR count). The van der Waals surface area contributed by atoms with Gasteiger partial charge in [-0.2, -0.15) is 4.98 Å². The summed E-state index contributed by atoms with van der Waals surface area (Å²) >= 11 is 0. The van der Waals surface area contributed by atoms with Crippen LogP contribution in [0.15, 0.2) is 0 Å². The smallest absolute Gasteiger partial charge is 0.332 e. The quantitative estimate of drug-likeness (QED) is 0.673. The molecule has 1 aliphatic rings. The molecule has 2 N–H and O–H groups in total. The van der Waals surface area contributed by atoms with Gasteiger partial charge in [0.25, 0.3) is 0 Å². The second-order valence-corrected chi connectivity index (χ2v) is 5.29. The van der Waals surface area contributed by atoms with Gasteiger partial charge in [0.05, 0.1) is 4.92 Å². The van der Waals surface area contributed by atoms with Crippen LogP contribution < -0.4 is 10.6 Å². The van der Waals surface area contributed by atoms with Crippen LogP contribution in [0, 0.1) is 23.0 Å². The molecule has 0 bridgehead atoms. The van der Waals surface area contributed by atoms with Crippen LogP contribution in [0.4, 0.5) is 17.5 Å². The van der Waals surface area contributed by atoms with Crippen LogP contribution in [-0.2, 0) is 0 Å². The van der Waals surface area contributed by atoms with Gasteiger partial charge in [0, 0.05) is 13.1 Å². The zero-order valence-electron chi connectivity index (χ0n) is 12.0. The largest absolute Gasteiger partial charge is 0.368 e. The van der Waals surface area contributed by atoms with Crippen molar-refractivity contribution in [1.82, 2.24) is 9.97 Å². The Morgan fingerprint density at radius 3 is 2.80 bits per heavy atom. The SMILES string of the molecule is CCC1CCCN(c2nc(N)nc(C)c2[N+](=O)[O-])CC1. The lowest BCUT2D eigenvalue weighted by Crippen LogP contribution is -2.27. The third kappa shape index (κ3) is 2.97. The molecule has 2 heterocycles. The number of hydrogen-bond acceptors (Lipinski definition) is 6. The van der Waals surface area contributed by atoms with E-state index < -0.39 is 4.92 Å². The fourth-order valence-corrected chi connectivity index (χ4v) is 2.79. The molecule has 1 aliphatic heterocycles. The molecule has 0 saturated carbocycles. The Hall–Kier alpha value is -1.92. The molecular formula is C13H21N5O2. The van der Waals surface area contributed by atoms with Gasteiger partial charge in [-0.25, -0.2) is 4.98 Å². The summed E-state index contributed by atoms with van der Waals surface area (Å²) in [6.07, 6.45) is 4.39. The van der Waals surface area contributed by atoms with Crippen LogP contribution >= 0.6 is 0 Å². The van der Waals surface area contributed by atoms with Gasteiger partial charge in [-0.3, -0.25) is 10.1 Å². The number of nitrogen functional groups attached to an aromatic ring is 1. The first-order valence-electron chi connectivity index (χ1n) is 7.06. The van der Waals surface area contributed by atoms with Crippen LogP contribution in [-0.4, -0.2) is 28.0 Å². The van der Waals surface area contributed by atoms with E-state index in [4.69, 9.17) is 5.73 Å². The van der Waals surface area contributed by atoms with E-state index in [0.29, 0.717) is 17.4 Å². The van der Waals surface area contributed by atoms with E-state index in [1.54, 1.807) is 6.92 Å². The van der Waals surface area contributed by atoms with Crippen molar-refractivity contribution in [2.75, 3.05) is 23.7 Å². The molecule has 7 heteroatoms. The normalized spacial score (nSPS) is 19.7. The highest BCUT2D eigenvalue weighted by Crippen LogP contribution is 2.32. The molecule has 1 aromatic rings. The summed E-state index contributed by atoms with van der Waals surface area (Å²) in [5.74, 6) is 1.16. The van der Waals surface area contributed by atoms with Crippen LogP contribution in [0.2, 0.25) is 0 Å². The Morgan fingerprint density at radius 1 is 1.40 bits per heavy atom. The molecule has 0 amide bonds. The number of nitrogens with two attached hydrogens (primary N) is 1. The van der Waals surface area contributed by atoms with Gasteiger partial charge in [0.15, 0.2) is 0 Å². The number of aryl methyl sites for hydroxylation is 1. The highest BCUT2D eigenvalue weighted by molar-refractivity contribution is 5.62. The van der Waals surface area contributed by atoms with E-state index >= 15 is 0 Å². The summed E-state index contributed by atoms with van der Waals surface area (Å²) in [6, 6.07) is 0. The fraction of sp³-hybridized carbons (Fsp3) is 0.692. The minimum absolute atomic E-state index is 0.0193. The van der Waals surface area contributed by atoms with E-state index in [1.807, 2.05) is 4.90 Å². The number of nitro groups is 1. The average Bonchev–Trinajstić information content (AvgIpc) is 2.62. The van der Waals surface area contributed by atoms with Crippen molar-refractivity contribution in [2.24, 2.45) is 5.92 Å². The van der Waals surface area contributed by atoms with Crippen molar-refractivity contribution in [2.45, 2.75) is 39.5 Å². The lowest BCUT2D eigenvalue weighted by atomic mass is 9.98. The number of anilines is 2. The first kappa shape index (κ1) is 14.5. The fourth-order valence-electron chi connectivity index (χ4n) is 2.79. The average molecular weight is 279 g/mol. The molecule has 7 nitrogen and oxygen atoms in total. The third-order valence-corrected chi connectivity index (χ3v) is 3.96. The van der Waals surface area contributed by atoms with Gasteiger partial charge in [-0.05, 0) is 32.1 Å². The second kappa shape index (κ2) is 6.02. The van der Waals surface area contributed by atoms with E-state index in [1.165, 1.54) is 6.42 Å². The van der Waals surface area contributed by atoms with Gasteiger partial charge in [-0.15, -0.1) is 0 Å². The number of nitrogens with zero attached hydrogens (tertiary/aromatic N) is 4. The maximum atomic E-state index is 11.3. The maximum absolute atomic E-state index is 11.3. The standard InChI is InChI=1S/C13H21N5O2/c1-3-10-5-4-7-17(8-6-10)12-11(18(19)20)9(2)15-13(14)16-12/h10H,3-8H2,1-2H3,(H2,14,15,16). The van der Waals surface area contributed by atoms with Crippen LogP contribution in [0.25, 0.3) is 0 Å². The van der Waals surface area contributed by atoms with Crippen molar-refractivity contribution in [1.29, 1.82) is 0 Å². The number of rotatable bonds is 3. The van der Waals surface area contributed by atoms with Gasteiger partial charge >= 0.3 is 5.69 Å². The Kier molecular flexibility index (Phi) is 4.36. The summed E-state index contributed by atoms with van der Waals surface area (Å²) in [7, 11) is 0. The van der Waals surface area contributed by atoms with Crippen molar-refractivity contribution in [3.05, 3.63) is 15.8 Å². The second-order valence-electron chi connectivity index (χ2n) is 5.29. The molecule has 20 heavy (non-hydrogen) atoms. The van der Waals surface area contributed by atoms with Gasteiger partial charge in [-0.1, -0.05) is 13.3 Å². The Labute approximate surface area is 118 Å². The van der Waals surface area contributed by atoms with Crippen molar-refractivity contribution >= 4 is 17.5 Å². The molecular weight excluding hydrogens is 258 g/mol. The predicted molar refractivity (Wildman–Crippen MR) is 77.7 cm³/mol. The summed E-state index contributed by atoms with van der Waals surface area (Å²) in [5.41, 5.74) is 5.96.